The van der Waals surface area contributed by atoms with Crippen LogP contribution in [0.3, 0.4) is 0 Å². The van der Waals surface area contributed by atoms with Gasteiger partial charge in [0.2, 0.25) is 0 Å². The van der Waals surface area contributed by atoms with Crippen LogP contribution in [0.25, 0.3) is 78.0 Å². The molecule has 5 heteroatoms. The lowest BCUT2D eigenvalue weighted by molar-refractivity contribution is 0.0780. The first kappa shape index (κ1) is 36.4. The van der Waals surface area contributed by atoms with Crippen LogP contribution < -0.4 is 0 Å². The van der Waals surface area contributed by atoms with Gasteiger partial charge in [0.1, 0.15) is 0 Å². The van der Waals surface area contributed by atoms with Gasteiger partial charge in [0, 0.05) is 16.7 Å². The molecule has 1 aromatic heterocycles. The Labute approximate surface area is 345 Å². The summed E-state index contributed by atoms with van der Waals surface area (Å²) in [6, 6.07) is 54.6. The van der Waals surface area contributed by atoms with E-state index in [4.69, 9.17) is 15.0 Å². The molecule has 10 rings (SSSR count). The van der Waals surface area contributed by atoms with Crippen LogP contribution in [0.2, 0.25) is 0 Å². The normalized spacial score (nSPS) is 19.9. The Morgan fingerprint density at radius 3 is 1.34 bits per heavy atom. The van der Waals surface area contributed by atoms with Crippen LogP contribution in [0.4, 0.5) is 0 Å². The maximum atomic E-state index is 9.82. The topological polar surface area (TPSA) is 86.2 Å². The second kappa shape index (κ2) is 14.8. The van der Waals surface area contributed by atoms with Gasteiger partial charge < -0.3 is 0 Å². The van der Waals surface area contributed by atoms with E-state index in [1.54, 1.807) is 6.07 Å². The van der Waals surface area contributed by atoms with Crippen LogP contribution in [-0.2, 0) is 5.41 Å². The molecule has 0 aliphatic heterocycles. The first-order valence-corrected chi connectivity index (χ1v) is 20.8. The van der Waals surface area contributed by atoms with Gasteiger partial charge in [-0.1, -0.05) is 141 Å². The molecule has 0 spiro atoms. The van der Waals surface area contributed by atoms with Gasteiger partial charge in [0.05, 0.1) is 23.3 Å². The van der Waals surface area contributed by atoms with Crippen molar-refractivity contribution in [3.05, 3.63) is 162 Å². The largest absolute Gasteiger partial charge is 0.208 e. The van der Waals surface area contributed by atoms with Crippen LogP contribution in [0.1, 0.15) is 62.6 Å². The highest BCUT2D eigenvalue weighted by Crippen LogP contribution is 2.54. The van der Waals surface area contributed by atoms with Crippen molar-refractivity contribution in [3.63, 3.8) is 0 Å². The van der Waals surface area contributed by atoms with E-state index in [-0.39, 0.29) is 5.41 Å². The second-order valence-electron chi connectivity index (χ2n) is 17.1. The average Bonchev–Trinajstić information content (AvgIpc) is 3.27. The molecular weight excluding hydrogens is 719 g/mol. The Bertz CT molecular complexity index is 2860. The van der Waals surface area contributed by atoms with E-state index >= 15 is 0 Å². The molecule has 2 aliphatic carbocycles. The highest BCUT2D eigenvalue weighted by molar-refractivity contribution is 6.21. The maximum absolute atomic E-state index is 9.82. The van der Waals surface area contributed by atoms with Gasteiger partial charge in [-0.05, 0) is 123 Å². The fourth-order valence-electron chi connectivity index (χ4n) is 10.8. The molecule has 0 radical (unpaired) electrons. The molecule has 7 aromatic carbocycles. The lowest BCUT2D eigenvalue weighted by Crippen LogP contribution is -2.42. The van der Waals surface area contributed by atoms with Gasteiger partial charge in [-0.3, -0.25) is 0 Å². The molecule has 4 atom stereocenters. The molecule has 2 fully saturated rings. The van der Waals surface area contributed by atoms with Crippen molar-refractivity contribution in [1.82, 2.24) is 15.0 Å². The first-order valence-electron chi connectivity index (χ1n) is 20.8. The lowest BCUT2D eigenvalue weighted by atomic mass is 9.54. The Hall–Kier alpha value is -6.95. The zero-order valence-corrected chi connectivity index (χ0v) is 33.4. The highest BCUT2D eigenvalue weighted by atomic mass is 15.0. The molecule has 2 saturated carbocycles. The minimum absolute atomic E-state index is 0.264. The van der Waals surface area contributed by atoms with Gasteiger partial charge in [0.25, 0.3) is 0 Å². The van der Waals surface area contributed by atoms with Crippen molar-refractivity contribution in [1.29, 1.82) is 10.5 Å². The number of hydrogen-bond donors (Lipinski definition) is 0. The number of rotatable bonds is 6. The van der Waals surface area contributed by atoms with Crippen molar-refractivity contribution >= 4 is 21.5 Å². The Balaban J connectivity index is 1.06. The molecule has 284 valence electrons. The van der Waals surface area contributed by atoms with Gasteiger partial charge in [0.15, 0.2) is 17.5 Å². The van der Waals surface area contributed by atoms with Crippen molar-refractivity contribution in [2.24, 2.45) is 17.8 Å². The highest BCUT2D eigenvalue weighted by Gasteiger charge is 2.45. The smallest absolute Gasteiger partial charge is 0.164 e. The lowest BCUT2D eigenvalue weighted by Gasteiger charge is -2.50. The van der Waals surface area contributed by atoms with E-state index in [1.165, 1.54) is 37.7 Å². The minimum Gasteiger partial charge on any atom is -0.208 e. The average molecular weight is 762 g/mol. The molecular formula is C54H43N5. The summed E-state index contributed by atoms with van der Waals surface area (Å²) in [6.07, 6.45) is 6.58. The third-order valence-corrected chi connectivity index (χ3v) is 12.9. The second-order valence-corrected chi connectivity index (χ2v) is 17.1. The zero-order valence-electron chi connectivity index (χ0n) is 33.4. The number of nitriles is 2. The quantitative estimate of drug-likeness (QED) is 0.157. The fraction of sp³-hybridized carbons (Fsp3) is 0.204. The summed E-state index contributed by atoms with van der Waals surface area (Å²) in [5, 5.41) is 23.9. The van der Waals surface area contributed by atoms with E-state index in [9.17, 15) is 10.5 Å². The molecule has 5 nitrogen and oxygen atoms in total. The van der Waals surface area contributed by atoms with E-state index in [0.29, 0.717) is 28.6 Å². The standard InChI is InChI=1S/C54H43N5/c1-34-24-36-25-35(2)30-54(29-34,31-36)44-22-20-42(21-23-44)53-58-51(40-10-4-3-5-11-40)57-52(59-53)41-18-16-39(17-19-41)49-45-12-6-8-14-47(45)50(48-15-9-7-13-46(48)49)43-27-37(32-55)26-38(28-43)33-56/h3-23,26-28,34-36H,24-25,29-31H2,1-2H3/t34-,35+,36?,54?. The number of nitrogens with zero attached hydrogens (tertiary/aromatic N) is 5. The van der Waals surface area contributed by atoms with Crippen LogP contribution in [0.15, 0.2) is 146 Å². The van der Waals surface area contributed by atoms with Crippen LogP contribution in [-0.4, -0.2) is 15.0 Å². The molecule has 0 N–H and O–H groups in total. The van der Waals surface area contributed by atoms with Gasteiger partial charge >= 0.3 is 0 Å². The van der Waals surface area contributed by atoms with Crippen molar-refractivity contribution in [2.45, 2.75) is 51.4 Å². The monoisotopic (exact) mass is 761 g/mol. The number of hydrogen-bond acceptors (Lipinski definition) is 5. The summed E-state index contributed by atoms with van der Waals surface area (Å²) in [4.78, 5) is 15.2. The molecule has 2 unspecified atom stereocenters. The number of aromatic nitrogens is 3. The molecule has 2 aliphatic rings. The summed E-state index contributed by atoms with van der Waals surface area (Å²) < 4.78 is 0. The van der Waals surface area contributed by atoms with E-state index < -0.39 is 0 Å². The fourth-order valence-corrected chi connectivity index (χ4v) is 10.8. The van der Waals surface area contributed by atoms with Gasteiger partial charge in [-0.25, -0.2) is 15.0 Å². The maximum Gasteiger partial charge on any atom is 0.164 e. The summed E-state index contributed by atoms with van der Waals surface area (Å²) >= 11 is 0. The predicted octanol–water partition coefficient (Wildman–Crippen LogP) is 13.4. The van der Waals surface area contributed by atoms with Crippen molar-refractivity contribution in [2.75, 3.05) is 0 Å². The van der Waals surface area contributed by atoms with E-state index in [0.717, 1.165) is 78.2 Å². The van der Waals surface area contributed by atoms with Crippen LogP contribution in [0.5, 0.6) is 0 Å². The predicted molar refractivity (Wildman–Crippen MR) is 238 cm³/mol. The van der Waals surface area contributed by atoms with Crippen LogP contribution in [0, 0.1) is 40.4 Å². The third-order valence-electron chi connectivity index (χ3n) is 12.9. The zero-order chi connectivity index (χ0) is 40.1. The summed E-state index contributed by atoms with van der Waals surface area (Å²) in [6.45, 7) is 4.89. The SMILES string of the molecule is C[C@@H]1CC2C[C@H](C)CC(c3ccc(-c4nc(-c5ccccc5)nc(-c5ccc(-c6c7ccccc7c(-c7cc(C#N)cc(C#N)c7)c7ccccc67)cc5)n4)cc3)(C2)C1. The Morgan fingerprint density at radius 2 is 0.864 bits per heavy atom. The Kier molecular flexibility index (Phi) is 9.11. The van der Waals surface area contributed by atoms with E-state index in [1.807, 2.05) is 42.5 Å². The summed E-state index contributed by atoms with van der Waals surface area (Å²) in [5.41, 5.74) is 9.56. The van der Waals surface area contributed by atoms with Crippen LogP contribution >= 0.6 is 0 Å². The molecule has 0 saturated heterocycles. The van der Waals surface area contributed by atoms with Gasteiger partial charge in [-0.15, -0.1) is 0 Å². The molecule has 0 amide bonds. The Morgan fingerprint density at radius 1 is 0.458 bits per heavy atom. The number of fused-ring (bicyclic) bond motifs is 4. The third kappa shape index (κ3) is 6.64. The minimum atomic E-state index is 0.264. The first-order chi connectivity index (χ1) is 28.9. The summed E-state index contributed by atoms with van der Waals surface area (Å²) in [5.74, 6) is 4.29. The molecule has 8 aromatic rings. The van der Waals surface area contributed by atoms with Gasteiger partial charge in [-0.2, -0.15) is 10.5 Å². The molecule has 59 heavy (non-hydrogen) atoms. The van der Waals surface area contributed by atoms with Crippen molar-refractivity contribution < 1.29 is 0 Å². The number of benzene rings is 7. The molecule has 2 bridgehead atoms. The van der Waals surface area contributed by atoms with E-state index in [2.05, 4.69) is 123 Å². The van der Waals surface area contributed by atoms with Crippen molar-refractivity contribution in [3.8, 4) is 68.6 Å². The summed E-state index contributed by atoms with van der Waals surface area (Å²) in [7, 11) is 0. The molecule has 1 heterocycles.